The summed E-state index contributed by atoms with van der Waals surface area (Å²) in [5, 5.41) is -0.461. The average molecular weight is 413 g/mol. The van der Waals surface area contributed by atoms with Crippen molar-refractivity contribution in [3.8, 4) is 5.69 Å². The molecule has 1 fully saturated rings. The molecule has 0 saturated carbocycles. The van der Waals surface area contributed by atoms with Crippen molar-refractivity contribution in [1.82, 2.24) is 9.47 Å². The Labute approximate surface area is 174 Å². The fourth-order valence-corrected chi connectivity index (χ4v) is 4.14. The highest BCUT2D eigenvalue weighted by molar-refractivity contribution is 8.18. The monoisotopic (exact) mass is 412 g/mol. The predicted octanol–water partition coefficient (Wildman–Crippen LogP) is 4.31. The van der Waals surface area contributed by atoms with Crippen LogP contribution in [0, 0.1) is 27.7 Å². The van der Waals surface area contributed by atoms with Crippen molar-refractivity contribution in [1.29, 1.82) is 0 Å². The van der Waals surface area contributed by atoms with Gasteiger partial charge >= 0.3 is 5.97 Å². The first-order valence-electron chi connectivity index (χ1n) is 9.40. The molecule has 2 amide bonds. The molecule has 29 heavy (non-hydrogen) atoms. The number of aryl methyl sites for hydroxylation is 3. The van der Waals surface area contributed by atoms with E-state index in [9.17, 15) is 14.4 Å². The quantitative estimate of drug-likeness (QED) is 0.541. The van der Waals surface area contributed by atoms with E-state index in [-0.39, 0.29) is 13.2 Å². The minimum atomic E-state index is -0.594. The number of aromatic nitrogens is 1. The lowest BCUT2D eigenvalue weighted by atomic mass is 10.1. The van der Waals surface area contributed by atoms with E-state index in [1.165, 1.54) is 11.1 Å². The van der Waals surface area contributed by atoms with Crippen molar-refractivity contribution in [2.45, 2.75) is 34.6 Å². The molecule has 152 valence electrons. The van der Waals surface area contributed by atoms with E-state index < -0.39 is 17.1 Å². The van der Waals surface area contributed by atoms with Crippen LogP contribution in [0.15, 0.2) is 29.2 Å². The summed E-state index contributed by atoms with van der Waals surface area (Å²) < 4.78 is 6.97. The van der Waals surface area contributed by atoms with Crippen LogP contribution in [0.1, 0.15) is 35.0 Å². The SMILES string of the molecule is CCOC(=O)CN1C(=O)S/C(=C/c2cc(C)n(-c3ccc(C)c(C)c3)c2C)C1=O. The van der Waals surface area contributed by atoms with Gasteiger partial charge in [-0.15, -0.1) is 0 Å². The summed E-state index contributed by atoms with van der Waals surface area (Å²) in [6, 6.07) is 8.28. The second-order valence-corrected chi connectivity index (χ2v) is 8.00. The summed E-state index contributed by atoms with van der Waals surface area (Å²) in [7, 11) is 0. The van der Waals surface area contributed by atoms with Gasteiger partial charge in [0.1, 0.15) is 6.54 Å². The van der Waals surface area contributed by atoms with Crippen LogP contribution in [0.5, 0.6) is 0 Å². The van der Waals surface area contributed by atoms with Crippen molar-refractivity contribution in [2.24, 2.45) is 0 Å². The number of amides is 2. The van der Waals surface area contributed by atoms with Crippen molar-refractivity contribution in [2.75, 3.05) is 13.2 Å². The topological polar surface area (TPSA) is 68.6 Å². The van der Waals surface area contributed by atoms with Gasteiger partial charge in [0.25, 0.3) is 11.1 Å². The summed E-state index contributed by atoms with van der Waals surface area (Å²) in [6.45, 7) is 9.66. The van der Waals surface area contributed by atoms with Gasteiger partial charge in [-0.1, -0.05) is 6.07 Å². The maximum Gasteiger partial charge on any atom is 0.326 e. The van der Waals surface area contributed by atoms with Crippen molar-refractivity contribution >= 4 is 35.0 Å². The molecule has 0 spiro atoms. The van der Waals surface area contributed by atoms with E-state index in [1.54, 1.807) is 13.0 Å². The van der Waals surface area contributed by atoms with E-state index in [2.05, 4.69) is 36.6 Å². The van der Waals surface area contributed by atoms with Crippen LogP contribution in [0.25, 0.3) is 11.8 Å². The normalized spacial score (nSPS) is 15.5. The molecule has 0 aliphatic carbocycles. The Morgan fingerprint density at radius 2 is 1.83 bits per heavy atom. The molecule has 1 aliphatic heterocycles. The maximum atomic E-state index is 12.6. The van der Waals surface area contributed by atoms with Crippen molar-refractivity contribution in [3.05, 3.63) is 57.2 Å². The van der Waals surface area contributed by atoms with Gasteiger partial charge in [0.05, 0.1) is 11.5 Å². The van der Waals surface area contributed by atoms with Gasteiger partial charge in [-0.2, -0.15) is 0 Å². The van der Waals surface area contributed by atoms with Crippen LogP contribution in [0.2, 0.25) is 0 Å². The van der Waals surface area contributed by atoms with Gasteiger partial charge in [0.2, 0.25) is 0 Å². The number of benzene rings is 1. The van der Waals surface area contributed by atoms with Gasteiger partial charge in [-0.05, 0) is 87.3 Å². The molecular formula is C22H24N2O4S. The van der Waals surface area contributed by atoms with Crippen LogP contribution in [0.3, 0.4) is 0 Å². The lowest BCUT2D eigenvalue weighted by Crippen LogP contribution is -2.34. The molecule has 0 unspecified atom stereocenters. The molecule has 0 bridgehead atoms. The highest BCUT2D eigenvalue weighted by Gasteiger charge is 2.36. The highest BCUT2D eigenvalue weighted by atomic mass is 32.2. The molecule has 1 saturated heterocycles. The van der Waals surface area contributed by atoms with E-state index in [1.807, 2.05) is 19.9 Å². The van der Waals surface area contributed by atoms with Crippen LogP contribution < -0.4 is 0 Å². The number of imide groups is 1. The minimum Gasteiger partial charge on any atom is -0.465 e. The van der Waals surface area contributed by atoms with Crippen LogP contribution in [0.4, 0.5) is 4.79 Å². The molecule has 6 nitrogen and oxygen atoms in total. The summed E-state index contributed by atoms with van der Waals surface area (Å²) in [5.41, 5.74) is 6.36. The van der Waals surface area contributed by atoms with Crippen molar-refractivity contribution < 1.29 is 19.1 Å². The first-order valence-corrected chi connectivity index (χ1v) is 10.2. The first-order chi connectivity index (χ1) is 13.7. The molecule has 1 aromatic heterocycles. The fourth-order valence-electron chi connectivity index (χ4n) is 3.31. The molecule has 0 radical (unpaired) electrons. The number of nitrogens with zero attached hydrogens (tertiary/aromatic N) is 2. The number of ether oxygens (including phenoxy) is 1. The standard InChI is InChI=1S/C22H24N2O4S/c1-6-28-20(25)12-23-21(26)19(29-22(23)27)11-17-10-15(4)24(16(17)5)18-8-7-13(2)14(3)9-18/h7-11H,6,12H2,1-5H3/b19-11+. The van der Waals surface area contributed by atoms with Crippen LogP contribution in [-0.4, -0.2) is 39.7 Å². The van der Waals surface area contributed by atoms with E-state index in [0.717, 1.165) is 39.3 Å². The average Bonchev–Trinajstić information content (AvgIpc) is 3.08. The summed E-state index contributed by atoms with van der Waals surface area (Å²) in [5.74, 6) is -1.06. The van der Waals surface area contributed by atoms with E-state index in [4.69, 9.17) is 4.74 Å². The third kappa shape index (κ3) is 4.15. The van der Waals surface area contributed by atoms with E-state index in [0.29, 0.717) is 4.91 Å². The zero-order valence-corrected chi connectivity index (χ0v) is 18.1. The molecule has 0 N–H and O–H groups in total. The molecule has 1 aromatic carbocycles. The molecule has 3 rings (SSSR count). The van der Waals surface area contributed by atoms with Gasteiger partial charge in [-0.3, -0.25) is 19.3 Å². The number of carbonyl (C=O) groups excluding carboxylic acids is 3. The van der Waals surface area contributed by atoms with Crippen LogP contribution >= 0.6 is 11.8 Å². The molecule has 1 aliphatic rings. The zero-order chi connectivity index (χ0) is 21.3. The molecule has 2 aromatic rings. The predicted molar refractivity (Wildman–Crippen MR) is 114 cm³/mol. The van der Waals surface area contributed by atoms with Gasteiger partial charge < -0.3 is 9.30 Å². The number of thioether (sulfide) groups is 1. The first kappa shape index (κ1) is 20.9. The third-order valence-corrected chi connectivity index (χ3v) is 5.88. The molecular weight excluding hydrogens is 388 g/mol. The Hall–Kier alpha value is -2.80. The van der Waals surface area contributed by atoms with Gasteiger partial charge in [0.15, 0.2) is 0 Å². The third-order valence-electron chi connectivity index (χ3n) is 4.97. The van der Waals surface area contributed by atoms with Crippen LogP contribution in [-0.2, 0) is 14.3 Å². The number of hydrogen-bond donors (Lipinski definition) is 0. The Morgan fingerprint density at radius 1 is 1.10 bits per heavy atom. The Kier molecular flexibility index (Phi) is 5.98. The summed E-state index contributed by atoms with van der Waals surface area (Å²) in [4.78, 5) is 37.7. The van der Waals surface area contributed by atoms with E-state index >= 15 is 0 Å². The highest BCUT2D eigenvalue weighted by Crippen LogP contribution is 2.33. The lowest BCUT2D eigenvalue weighted by Gasteiger charge is -2.12. The minimum absolute atomic E-state index is 0.204. The Balaban J connectivity index is 1.91. The van der Waals surface area contributed by atoms with Gasteiger partial charge in [-0.25, -0.2) is 0 Å². The zero-order valence-electron chi connectivity index (χ0n) is 17.2. The molecule has 0 atom stereocenters. The lowest BCUT2D eigenvalue weighted by molar-refractivity contribution is -0.145. The summed E-state index contributed by atoms with van der Waals surface area (Å²) in [6.07, 6.45) is 1.72. The molecule has 2 heterocycles. The van der Waals surface area contributed by atoms with Gasteiger partial charge in [0, 0.05) is 17.1 Å². The number of rotatable bonds is 5. The van der Waals surface area contributed by atoms with Crippen molar-refractivity contribution in [3.63, 3.8) is 0 Å². The second-order valence-electron chi connectivity index (χ2n) is 7.00. The smallest absolute Gasteiger partial charge is 0.326 e. The summed E-state index contributed by atoms with van der Waals surface area (Å²) >= 11 is 0.842. The number of carbonyl (C=O) groups is 3. The number of hydrogen-bond acceptors (Lipinski definition) is 5. The Bertz CT molecular complexity index is 1040. The largest absolute Gasteiger partial charge is 0.465 e. The molecule has 7 heteroatoms. The number of esters is 1. The maximum absolute atomic E-state index is 12.6. The second kappa shape index (κ2) is 8.29. The Morgan fingerprint density at radius 3 is 2.48 bits per heavy atom. The fraction of sp³-hybridized carbons (Fsp3) is 0.318.